The minimum Gasteiger partial charge on any atom is -0.365 e. The molecule has 1 fully saturated rings. The number of halogens is 1. The van der Waals surface area contributed by atoms with Crippen molar-refractivity contribution in [3.63, 3.8) is 0 Å². The summed E-state index contributed by atoms with van der Waals surface area (Å²) >= 11 is 7.30. The highest BCUT2D eigenvalue weighted by molar-refractivity contribution is 7.17. The van der Waals surface area contributed by atoms with Gasteiger partial charge in [-0.25, -0.2) is 4.79 Å². The van der Waals surface area contributed by atoms with Crippen molar-refractivity contribution in [3.8, 4) is 0 Å². The van der Waals surface area contributed by atoms with Gasteiger partial charge in [-0.1, -0.05) is 11.6 Å². The Bertz CT molecular complexity index is 892. The summed E-state index contributed by atoms with van der Waals surface area (Å²) in [6.45, 7) is 3.72. The summed E-state index contributed by atoms with van der Waals surface area (Å²) in [6, 6.07) is 6.93. The average molecular weight is 420 g/mol. The van der Waals surface area contributed by atoms with E-state index in [0.717, 1.165) is 49.5 Å². The quantitative estimate of drug-likeness (QED) is 0.612. The predicted molar refractivity (Wildman–Crippen MR) is 112 cm³/mol. The SMILES string of the molecule is NC(=O)c1c(NC(=O)Nc2ccc(Cl)cc2)sc2c1CCN(C1CCNC1)C2. The zero-order chi connectivity index (χ0) is 19.7. The molecule has 9 heteroatoms. The fourth-order valence-electron chi connectivity index (χ4n) is 3.83. The molecule has 148 valence electrons. The first-order valence-corrected chi connectivity index (χ1v) is 10.4. The maximum Gasteiger partial charge on any atom is 0.324 e. The Morgan fingerprint density at radius 2 is 2.04 bits per heavy atom. The number of thiophene rings is 1. The Morgan fingerprint density at radius 3 is 2.71 bits per heavy atom. The Hall–Kier alpha value is -2.13. The molecule has 2 aliphatic heterocycles. The average Bonchev–Trinajstić information content (AvgIpc) is 3.30. The Balaban J connectivity index is 1.51. The van der Waals surface area contributed by atoms with E-state index in [1.54, 1.807) is 24.3 Å². The van der Waals surface area contributed by atoms with Crippen molar-refractivity contribution in [2.75, 3.05) is 30.3 Å². The fourth-order valence-corrected chi connectivity index (χ4v) is 5.23. The number of primary amides is 1. The van der Waals surface area contributed by atoms with Gasteiger partial charge in [0.1, 0.15) is 5.00 Å². The Morgan fingerprint density at radius 1 is 1.25 bits per heavy atom. The zero-order valence-electron chi connectivity index (χ0n) is 15.3. The molecule has 2 aliphatic rings. The molecule has 1 saturated heterocycles. The van der Waals surface area contributed by atoms with Gasteiger partial charge in [0.25, 0.3) is 5.91 Å². The molecule has 1 unspecified atom stereocenters. The van der Waals surface area contributed by atoms with Crippen molar-refractivity contribution in [1.29, 1.82) is 0 Å². The van der Waals surface area contributed by atoms with Crippen LogP contribution in [0.3, 0.4) is 0 Å². The highest BCUT2D eigenvalue weighted by Crippen LogP contribution is 2.37. The molecule has 0 radical (unpaired) electrons. The van der Waals surface area contributed by atoms with E-state index in [2.05, 4.69) is 20.9 Å². The van der Waals surface area contributed by atoms with Crippen LogP contribution in [0, 0.1) is 0 Å². The second-order valence-corrected chi connectivity index (χ2v) is 8.57. The second-order valence-electron chi connectivity index (χ2n) is 7.03. The van der Waals surface area contributed by atoms with Crippen LogP contribution in [0.1, 0.15) is 27.2 Å². The molecule has 0 saturated carbocycles. The molecule has 0 bridgehead atoms. The van der Waals surface area contributed by atoms with Gasteiger partial charge in [0.05, 0.1) is 5.56 Å². The molecule has 0 aliphatic carbocycles. The number of carbonyl (C=O) groups is 2. The normalized spacial score (nSPS) is 19.2. The van der Waals surface area contributed by atoms with Gasteiger partial charge in [0.15, 0.2) is 0 Å². The summed E-state index contributed by atoms with van der Waals surface area (Å²) in [5.41, 5.74) is 7.67. The third kappa shape index (κ3) is 4.00. The molecule has 4 rings (SSSR count). The minimum atomic E-state index is -0.504. The first-order chi connectivity index (χ1) is 13.5. The molecular formula is C19H22ClN5O2S. The molecular weight excluding hydrogens is 398 g/mol. The number of rotatable bonds is 4. The Kier molecular flexibility index (Phi) is 5.54. The van der Waals surface area contributed by atoms with Crippen molar-refractivity contribution < 1.29 is 9.59 Å². The number of nitrogens with zero attached hydrogens (tertiary/aromatic N) is 1. The van der Waals surface area contributed by atoms with E-state index in [4.69, 9.17) is 17.3 Å². The van der Waals surface area contributed by atoms with E-state index >= 15 is 0 Å². The summed E-state index contributed by atoms with van der Waals surface area (Å²) in [6.07, 6.45) is 1.90. The van der Waals surface area contributed by atoms with E-state index in [9.17, 15) is 9.59 Å². The lowest BCUT2D eigenvalue weighted by atomic mass is 10.0. The molecule has 0 spiro atoms. The number of nitrogens with one attached hydrogen (secondary N) is 3. The van der Waals surface area contributed by atoms with Crippen LogP contribution in [-0.2, 0) is 13.0 Å². The van der Waals surface area contributed by atoms with Crippen LogP contribution in [0.5, 0.6) is 0 Å². The summed E-state index contributed by atoms with van der Waals surface area (Å²) < 4.78 is 0. The lowest BCUT2D eigenvalue weighted by Crippen LogP contribution is -2.40. The first kappa shape index (κ1) is 19.2. The lowest BCUT2D eigenvalue weighted by molar-refractivity contribution is 0.0999. The molecule has 5 N–H and O–H groups in total. The van der Waals surface area contributed by atoms with Crippen molar-refractivity contribution >= 4 is 45.6 Å². The topological polar surface area (TPSA) is 99.5 Å². The standard InChI is InChI=1S/C19H22ClN5O2S/c20-11-1-3-12(4-2-11)23-19(27)24-18-16(17(21)26)14-6-8-25(10-15(14)28-18)13-5-7-22-9-13/h1-4,13,22H,5-10H2,(H2,21,26)(H2,23,24,27). The zero-order valence-corrected chi connectivity index (χ0v) is 16.8. The number of hydrogen-bond donors (Lipinski definition) is 4. The summed E-state index contributed by atoms with van der Waals surface area (Å²) in [7, 11) is 0. The van der Waals surface area contributed by atoms with Crippen LogP contribution in [-0.4, -0.2) is 42.5 Å². The molecule has 1 atom stereocenters. The highest BCUT2D eigenvalue weighted by atomic mass is 35.5. The third-order valence-corrected chi connectivity index (χ3v) is 6.60. The molecule has 2 aromatic rings. The highest BCUT2D eigenvalue weighted by Gasteiger charge is 2.31. The van der Waals surface area contributed by atoms with Crippen molar-refractivity contribution in [2.45, 2.75) is 25.4 Å². The molecule has 3 heterocycles. The Labute approximate surface area is 172 Å². The monoisotopic (exact) mass is 419 g/mol. The number of fused-ring (bicyclic) bond motifs is 1. The summed E-state index contributed by atoms with van der Waals surface area (Å²) in [5.74, 6) is -0.504. The summed E-state index contributed by atoms with van der Waals surface area (Å²) in [5, 5.41) is 10.0. The maximum atomic E-state index is 12.4. The molecule has 1 aromatic heterocycles. The third-order valence-electron chi connectivity index (χ3n) is 5.21. The number of carbonyl (C=O) groups excluding carboxylic acids is 2. The van der Waals surface area contributed by atoms with Crippen LogP contribution >= 0.6 is 22.9 Å². The van der Waals surface area contributed by atoms with Gasteiger partial charge in [-0.2, -0.15) is 0 Å². The largest absolute Gasteiger partial charge is 0.365 e. The number of nitrogens with two attached hydrogens (primary N) is 1. The molecule has 1 aromatic carbocycles. The fraction of sp³-hybridized carbons (Fsp3) is 0.368. The number of amides is 3. The van der Waals surface area contributed by atoms with Gasteiger partial charge in [0.2, 0.25) is 0 Å². The number of anilines is 2. The van der Waals surface area contributed by atoms with Gasteiger partial charge < -0.3 is 16.4 Å². The van der Waals surface area contributed by atoms with E-state index in [-0.39, 0.29) is 0 Å². The van der Waals surface area contributed by atoms with Crippen LogP contribution in [0.2, 0.25) is 5.02 Å². The predicted octanol–water partition coefficient (Wildman–Crippen LogP) is 2.86. The number of benzene rings is 1. The van der Waals surface area contributed by atoms with Gasteiger partial charge >= 0.3 is 6.03 Å². The number of urea groups is 1. The van der Waals surface area contributed by atoms with Gasteiger partial charge in [-0.3, -0.25) is 15.0 Å². The molecule has 28 heavy (non-hydrogen) atoms. The van der Waals surface area contributed by atoms with Gasteiger partial charge in [0, 0.05) is 41.3 Å². The summed E-state index contributed by atoms with van der Waals surface area (Å²) in [4.78, 5) is 28.0. The smallest absolute Gasteiger partial charge is 0.324 e. The molecule has 3 amide bonds. The first-order valence-electron chi connectivity index (χ1n) is 9.24. The van der Waals surface area contributed by atoms with Crippen LogP contribution in [0.25, 0.3) is 0 Å². The van der Waals surface area contributed by atoms with E-state index in [0.29, 0.717) is 27.3 Å². The van der Waals surface area contributed by atoms with Crippen LogP contribution in [0.4, 0.5) is 15.5 Å². The van der Waals surface area contributed by atoms with Crippen molar-refractivity contribution in [2.24, 2.45) is 5.73 Å². The van der Waals surface area contributed by atoms with Crippen LogP contribution < -0.4 is 21.7 Å². The van der Waals surface area contributed by atoms with Gasteiger partial charge in [-0.05, 0) is 49.2 Å². The maximum absolute atomic E-state index is 12.4. The van der Waals surface area contributed by atoms with Gasteiger partial charge in [-0.15, -0.1) is 11.3 Å². The van der Waals surface area contributed by atoms with E-state index in [1.165, 1.54) is 11.3 Å². The van der Waals surface area contributed by atoms with Crippen molar-refractivity contribution in [3.05, 3.63) is 45.3 Å². The van der Waals surface area contributed by atoms with E-state index < -0.39 is 11.9 Å². The van der Waals surface area contributed by atoms with Crippen LogP contribution in [0.15, 0.2) is 24.3 Å². The lowest BCUT2D eigenvalue weighted by Gasteiger charge is -2.31. The number of hydrogen-bond acceptors (Lipinski definition) is 5. The minimum absolute atomic E-state index is 0.416. The molecule has 7 nitrogen and oxygen atoms in total. The van der Waals surface area contributed by atoms with Crippen molar-refractivity contribution in [1.82, 2.24) is 10.2 Å². The van der Waals surface area contributed by atoms with E-state index in [1.807, 2.05) is 0 Å². The second kappa shape index (κ2) is 8.08.